The average Bonchev–Trinajstić information content (AvgIpc) is 2.23. The Labute approximate surface area is 95.6 Å². The number of hydrogen-bond acceptors (Lipinski definition) is 2. The quantitative estimate of drug-likeness (QED) is 0.833. The van der Waals surface area contributed by atoms with Crippen LogP contribution in [-0.4, -0.2) is 6.61 Å². The van der Waals surface area contributed by atoms with Crippen molar-refractivity contribution in [3.05, 3.63) is 29.6 Å². The zero-order chi connectivity index (χ0) is 11.4. The highest BCUT2D eigenvalue weighted by Crippen LogP contribution is 2.29. The summed E-state index contributed by atoms with van der Waals surface area (Å²) in [6, 6.07) is 4.52. The van der Waals surface area contributed by atoms with E-state index in [0.717, 1.165) is 23.7 Å². The van der Waals surface area contributed by atoms with Crippen molar-refractivity contribution in [2.45, 2.75) is 32.2 Å². The molecule has 0 spiro atoms. The zero-order valence-electron chi connectivity index (χ0n) is 9.42. The molecule has 1 fully saturated rings. The van der Waals surface area contributed by atoms with E-state index >= 15 is 0 Å². The summed E-state index contributed by atoms with van der Waals surface area (Å²) < 4.78 is 18.6. The van der Waals surface area contributed by atoms with Gasteiger partial charge < -0.3 is 10.5 Å². The van der Waals surface area contributed by atoms with Gasteiger partial charge in [0.15, 0.2) is 0 Å². The number of rotatable bonds is 5. The molecule has 0 aromatic heterocycles. The van der Waals surface area contributed by atoms with Crippen LogP contribution in [0.1, 0.15) is 31.2 Å². The lowest BCUT2D eigenvalue weighted by molar-refractivity contribution is 0.221. The minimum absolute atomic E-state index is 0.258. The first-order valence-electron chi connectivity index (χ1n) is 5.91. The lowest BCUT2D eigenvalue weighted by Gasteiger charge is -2.25. The minimum Gasteiger partial charge on any atom is -0.493 e. The van der Waals surface area contributed by atoms with Gasteiger partial charge in [0.25, 0.3) is 0 Å². The van der Waals surface area contributed by atoms with Gasteiger partial charge in [0, 0.05) is 12.1 Å². The molecule has 0 radical (unpaired) electrons. The van der Waals surface area contributed by atoms with Crippen molar-refractivity contribution in [3.63, 3.8) is 0 Å². The first-order valence-corrected chi connectivity index (χ1v) is 5.91. The summed E-state index contributed by atoms with van der Waals surface area (Å²) in [5.74, 6) is 1.30. The van der Waals surface area contributed by atoms with E-state index in [9.17, 15) is 4.39 Å². The molecule has 0 aliphatic heterocycles. The van der Waals surface area contributed by atoms with E-state index in [2.05, 4.69) is 0 Å². The van der Waals surface area contributed by atoms with Gasteiger partial charge in [-0.3, -0.25) is 0 Å². The Balaban J connectivity index is 1.87. The average molecular weight is 223 g/mol. The molecule has 3 heteroatoms. The lowest BCUT2D eigenvalue weighted by Crippen LogP contribution is -2.15. The molecule has 1 aliphatic rings. The van der Waals surface area contributed by atoms with Crippen LogP contribution >= 0.6 is 0 Å². The maximum Gasteiger partial charge on any atom is 0.123 e. The number of nitrogens with two attached hydrogens (primary N) is 1. The van der Waals surface area contributed by atoms with Crippen molar-refractivity contribution >= 4 is 0 Å². The Morgan fingerprint density at radius 2 is 2.19 bits per heavy atom. The smallest absolute Gasteiger partial charge is 0.123 e. The zero-order valence-corrected chi connectivity index (χ0v) is 9.42. The highest BCUT2D eigenvalue weighted by Gasteiger charge is 2.17. The molecule has 0 saturated heterocycles. The second kappa shape index (κ2) is 5.30. The van der Waals surface area contributed by atoms with Gasteiger partial charge in [-0.25, -0.2) is 4.39 Å². The van der Waals surface area contributed by atoms with Crippen molar-refractivity contribution in [1.29, 1.82) is 0 Å². The summed E-state index contributed by atoms with van der Waals surface area (Å²) in [6.07, 6.45) is 5.11. The Bertz CT molecular complexity index is 350. The SMILES string of the molecule is NCc1cc(F)ccc1OCCC1CCC1. The molecule has 2 nitrogen and oxygen atoms in total. The highest BCUT2D eigenvalue weighted by molar-refractivity contribution is 5.33. The fourth-order valence-corrected chi connectivity index (χ4v) is 1.97. The highest BCUT2D eigenvalue weighted by atomic mass is 19.1. The third-order valence-corrected chi connectivity index (χ3v) is 3.25. The van der Waals surface area contributed by atoms with Crippen molar-refractivity contribution < 1.29 is 9.13 Å². The van der Waals surface area contributed by atoms with E-state index in [1.54, 1.807) is 6.07 Å². The van der Waals surface area contributed by atoms with Crippen LogP contribution in [0.5, 0.6) is 5.75 Å². The van der Waals surface area contributed by atoms with Crippen LogP contribution in [0.15, 0.2) is 18.2 Å². The Morgan fingerprint density at radius 1 is 1.38 bits per heavy atom. The fourth-order valence-electron chi connectivity index (χ4n) is 1.97. The fraction of sp³-hybridized carbons (Fsp3) is 0.538. The van der Waals surface area contributed by atoms with E-state index in [4.69, 9.17) is 10.5 Å². The van der Waals surface area contributed by atoms with Gasteiger partial charge in [0.1, 0.15) is 11.6 Å². The predicted molar refractivity (Wildman–Crippen MR) is 61.7 cm³/mol. The van der Waals surface area contributed by atoms with Gasteiger partial charge >= 0.3 is 0 Å². The van der Waals surface area contributed by atoms with Crippen molar-refractivity contribution in [2.24, 2.45) is 11.7 Å². The monoisotopic (exact) mass is 223 g/mol. The van der Waals surface area contributed by atoms with Crippen LogP contribution in [0.25, 0.3) is 0 Å². The molecule has 16 heavy (non-hydrogen) atoms. The molecule has 1 aromatic carbocycles. The topological polar surface area (TPSA) is 35.2 Å². The second-order valence-electron chi connectivity index (χ2n) is 4.39. The van der Waals surface area contributed by atoms with Gasteiger partial charge in [-0.1, -0.05) is 19.3 Å². The van der Waals surface area contributed by atoms with E-state index in [1.807, 2.05) is 0 Å². The molecule has 0 bridgehead atoms. The van der Waals surface area contributed by atoms with Gasteiger partial charge in [0.2, 0.25) is 0 Å². The van der Waals surface area contributed by atoms with Crippen LogP contribution in [0.4, 0.5) is 4.39 Å². The third kappa shape index (κ3) is 2.73. The van der Waals surface area contributed by atoms with E-state index in [0.29, 0.717) is 13.2 Å². The summed E-state index contributed by atoms with van der Waals surface area (Å²) in [7, 11) is 0. The lowest BCUT2D eigenvalue weighted by atomic mass is 9.83. The molecule has 0 heterocycles. The largest absolute Gasteiger partial charge is 0.493 e. The maximum atomic E-state index is 12.9. The van der Waals surface area contributed by atoms with E-state index in [-0.39, 0.29) is 5.82 Å². The first-order chi connectivity index (χ1) is 7.79. The standard InChI is InChI=1S/C13H18FNO/c14-12-4-5-13(11(8-12)9-15)16-7-6-10-2-1-3-10/h4-5,8,10H,1-3,6-7,9,15H2. The van der Waals surface area contributed by atoms with Crippen molar-refractivity contribution in [2.75, 3.05) is 6.61 Å². The molecule has 1 aromatic rings. The molecule has 0 amide bonds. The molecule has 1 aliphatic carbocycles. The summed E-state index contributed by atoms with van der Waals surface area (Å²) in [5, 5.41) is 0. The summed E-state index contributed by atoms with van der Waals surface area (Å²) in [5.41, 5.74) is 6.29. The predicted octanol–water partition coefficient (Wildman–Crippen LogP) is 2.85. The van der Waals surface area contributed by atoms with Crippen molar-refractivity contribution in [1.82, 2.24) is 0 Å². The molecule has 2 N–H and O–H groups in total. The van der Waals surface area contributed by atoms with Gasteiger partial charge in [0.05, 0.1) is 6.61 Å². The van der Waals surface area contributed by atoms with Crippen LogP contribution < -0.4 is 10.5 Å². The Kier molecular flexibility index (Phi) is 3.78. The number of ether oxygens (including phenoxy) is 1. The molecular formula is C13H18FNO. The second-order valence-corrected chi connectivity index (χ2v) is 4.39. The molecule has 2 rings (SSSR count). The van der Waals surface area contributed by atoms with Gasteiger partial charge in [-0.2, -0.15) is 0 Å². The molecule has 0 unspecified atom stereocenters. The van der Waals surface area contributed by atoms with Crippen LogP contribution in [0.3, 0.4) is 0 Å². The van der Waals surface area contributed by atoms with Crippen LogP contribution in [0.2, 0.25) is 0 Å². The van der Waals surface area contributed by atoms with E-state index < -0.39 is 0 Å². The Morgan fingerprint density at radius 3 is 2.81 bits per heavy atom. The molecular weight excluding hydrogens is 205 g/mol. The number of halogens is 1. The van der Waals surface area contributed by atoms with Gasteiger partial charge in [-0.15, -0.1) is 0 Å². The summed E-state index contributed by atoms with van der Waals surface area (Å²) in [6.45, 7) is 1.03. The minimum atomic E-state index is -0.258. The van der Waals surface area contributed by atoms with Gasteiger partial charge in [-0.05, 0) is 30.5 Å². The number of hydrogen-bond donors (Lipinski definition) is 1. The van der Waals surface area contributed by atoms with Crippen LogP contribution in [-0.2, 0) is 6.54 Å². The van der Waals surface area contributed by atoms with Crippen LogP contribution in [0, 0.1) is 11.7 Å². The molecule has 1 saturated carbocycles. The molecule has 0 atom stereocenters. The normalized spacial score (nSPS) is 15.9. The maximum absolute atomic E-state index is 12.9. The Hall–Kier alpha value is -1.09. The summed E-state index contributed by atoms with van der Waals surface area (Å²) in [4.78, 5) is 0. The first kappa shape index (κ1) is 11.4. The summed E-state index contributed by atoms with van der Waals surface area (Å²) >= 11 is 0. The number of benzene rings is 1. The third-order valence-electron chi connectivity index (χ3n) is 3.25. The molecule has 88 valence electrons. The van der Waals surface area contributed by atoms with Crippen molar-refractivity contribution in [3.8, 4) is 5.75 Å². The van der Waals surface area contributed by atoms with E-state index in [1.165, 1.54) is 31.4 Å².